The minimum atomic E-state index is -4.61. The van der Waals surface area contributed by atoms with Crippen LogP contribution in [0.15, 0.2) is 60.8 Å². The van der Waals surface area contributed by atoms with Crippen molar-refractivity contribution in [2.24, 2.45) is 0 Å². The second-order valence-corrected chi connectivity index (χ2v) is 5.74. The molecule has 0 amide bonds. The first-order valence-electron chi connectivity index (χ1n) is 7.68. The molecule has 0 unspecified atom stereocenters. The van der Waals surface area contributed by atoms with Crippen molar-refractivity contribution in [2.75, 3.05) is 5.73 Å². The fraction of sp³-hybridized carbons (Fsp3) is 0.105. The van der Waals surface area contributed by atoms with Gasteiger partial charge in [0.05, 0.1) is 16.8 Å². The summed E-state index contributed by atoms with van der Waals surface area (Å²) in [5, 5.41) is 0. The van der Waals surface area contributed by atoms with Gasteiger partial charge in [-0.25, -0.2) is 0 Å². The first-order valence-corrected chi connectivity index (χ1v) is 7.68. The SMILES string of the molecule is Nc1cc(-c2ccccc2C(F)(F)F)ncc1-c1ccccc1C(F)(F)F. The Morgan fingerprint density at radius 2 is 1.15 bits per heavy atom. The number of benzene rings is 2. The van der Waals surface area contributed by atoms with Crippen molar-refractivity contribution in [1.82, 2.24) is 4.98 Å². The molecular weight excluding hydrogens is 370 g/mol. The van der Waals surface area contributed by atoms with Crippen molar-refractivity contribution in [3.8, 4) is 22.4 Å². The molecule has 0 aliphatic carbocycles. The third-order valence-electron chi connectivity index (χ3n) is 3.97. The summed E-state index contributed by atoms with van der Waals surface area (Å²) in [5.74, 6) is 0. The van der Waals surface area contributed by atoms with Gasteiger partial charge in [-0.3, -0.25) is 4.98 Å². The fourth-order valence-electron chi connectivity index (χ4n) is 2.76. The Bertz CT molecular complexity index is 976. The fourth-order valence-corrected chi connectivity index (χ4v) is 2.76. The lowest BCUT2D eigenvalue weighted by atomic mass is 9.97. The van der Waals surface area contributed by atoms with Crippen LogP contribution in [0.4, 0.5) is 32.0 Å². The standard InChI is InChI=1S/C19H12F6N2/c20-18(21,22)14-7-3-1-5-11(14)13-10-27-17(9-16(13)26)12-6-2-4-8-15(12)19(23,24)25/h1-10H,(H2,26,27). The number of alkyl halides is 6. The van der Waals surface area contributed by atoms with Crippen molar-refractivity contribution in [1.29, 1.82) is 0 Å². The summed E-state index contributed by atoms with van der Waals surface area (Å²) in [4.78, 5) is 3.94. The van der Waals surface area contributed by atoms with Crippen LogP contribution in [0.2, 0.25) is 0 Å². The van der Waals surface area contributed by atoms with E-state index in [0.29, 0.717) is 0 Å². The van der Waals surface area contributed by atoms with Gasteiger partial charge in [-0.15, -0.1) is 0 Å². The van der Waals surface area contributed by atoms with Crippen LogP contribution in [0.3, 0.4) is 0 Å². The molecule has 0 bridgehead atoms. The zero-order valence-corrected chi connectivity index (χ0v) is 13.6. The molecule has 0 saturated heterocycles. The number of aromatic nitrogens is 1. The van der Waals surface area contributed by atoms with Crippen LogP contribution in [0.25, 0.3) is 22.4 Å². The molecule has 0 saturated carbocycles. The van der Waals surface area contributed by atoms with E-state index in [1.807, 2.05) is 0 Å². The monoisotopic (exact) mass is 382 g/mol. The number of nitrogen functional groups attached to an aromatic ring is 1. The van der Waals surface area contributed by atoms with Crippen LogP contribution < -0.4 is 5.73 Å². The molecule has 2 aromatic carbocycles. The molecule has 140 valence electrons. The normalized spacial score (nSPS) is 12.2. The van der Waals surface area contributed by atoms with Gasteiger partial charge < -0.3 is 5.73 Å². The van der Waals surface area contributed by atoms with Crippen LogP contribution in [-0.4, -0.2) is 4.98 Å². The summed E-state index contributed by atoms with van der Waals surface area (Å²) >= 11 is 0. The highest BCUT2D eigenvalue weighted by Gasteiger charge is 2.35. The summed E-state index contributed by atoms with van der Waals surface area (Å²) in [6.07, 6.45) is -8.15. The molecule has 0 aliphatic rings. The molecule has 2 nitrogen and oxygen atoms in total. The van der Waals surface area contributed by atoms with Gasteiger partial charge >= 0.3 is 12.4 Å². The highest BCUT2D eigenvalue weighted by molar-refractivity contribution is 5.81. The maximum Gasteiger partial charge on any atom is 0.417 e. The lowest BCUT2D eigenvalue weighted by Gasteiger charge is -2.16. The van der Waals surface area contributed by atoms with Crippen molar-refractivity contribution in [3.05, 3.63) is 71.9 Å². The maximum absolute atomic E-state index is 13.2. The van der Waals surface area contributed by atoms with Gasteiger partial charge in [0.2, 0.25) is 0 Å². The van der Waals surface area contributed by atoms with Gasteiger partial charge in [0, 0.05) is 23.0 Å². The number of pyridine rings is 1. The number of anilines is 1. The lowest BCUT2D eigenvalue weighted by Crippen LogP contribution is -2.09. The van der Waals surface area contributed by atoms with E-state index in [9.17, 15) is 26.3 Å². The van der Waals surface area contributed by atoms with Crippen molar-refractivity contribution >= 4 is 5.69 Å². The molecular formula is C19H12F6N2. The summed E-state index contributed by atoms with van der Waals surface area (Å²) in [6.45, 7) is 0. The zero-order valence-electron chi connectivity index (χ0n) is 13.6. The zero-order chi connectivity index (χ0) is 19.8. The van der Waals surface area contributed by atoms with Crippen LogP contribution in [0.1, 0.15) is 11.1 Å². The first kappa shape index (κ1) is 18.8. The topological polar surface area (TPSA) is 38.9 Å². The smallest absolute Gasteiger partial charge is 0.398 e. The van der Waals surface area contributed by atoms with E-state index in [4.69, 9.17) is 5.73 Å². The Morgan fingerprint density at radius 1 is 0.667 bits per heavy atom. The summed E-state index contributed by atoms with van der Waals surface area (Å²) in [7, 11) is 0. The van der Waals surface area contributed by atoms with E-state index >= 15 is 0 Å². The quantitative estimate of drug-likeness (QED) is 0.549. The molecule has 2 N–H and O–H groups in total. The molecule has 0 spiro atoms. The second kappa shape index (κ2) is 6.61. The molecule has 27 heavy (non-hydrogen) atoms. The number of hydrogen-bond acceptors (Lipinski definition) is 2. The van der Waals surface area contributed by atoms with Gasteiger partial charge in [0.25, 0.3) is 0 Å². The van der Waals surface area contributed by atoms with Gasteiger partial charge in [0.1, 0.15) is 0 Å². The van der Waals surface area contributed by atoms with E-state index in [1.165, 1.54) is 36.4 Å². The van der Waals surface area contributed by atoms with Crippen molar-refractivity contribution in [2.45, 2.75) is 12.4 Å². The molecule has 0 aliphatic heterocycles. The summed E-state index contributed by atoms with van der Waals surface area (Å²) < 4.78 is 79.2. The number of halogens is 6. The van der Waals surface area contributed by atoms with Crippen molar-refractivity contribution in [3.63, 3.8) is 0 Å². The van der Waals surface area contributed by atoms with E-state index < -0.39 is 23.5 Å². The summed E-state index contributed by atoms with van der Waals surface area (Å²) in [5.41, 5.74) is 3.50. The Labute approximate surface area is 150 Å². The number of hydrogen-bond donors (Lipinski definition) is 1. The molecule has 0 radical (unpaired) electrons. The molecule has 3 aromatic rings. The predicted molar refractivity (Wildman–Crippen MR) is 89.5 cm³/mol. The molecule has 1 heterocycles. The number of rotatable bonds is 2. The van der Waals surface area contributed by atoms with E-state index in [-0.39, 0.29) is 28.1 Å². The van der Waals surface area contributed by atoms with Crippen LogP contribution in [-0.2, 0) is 12.4 Å². The lowest BCUT2D eigenvalue weighted by molar-refractivity contribution is -0.137. The summed E-state index contributed by atoms with van der Waals surface area (Å²) in [6, 6.07) is 10.7. The van der Waals surface area contributed by atoms with Gasteiger partial charge in [-0.2, -0.15) is 26.3 Å². The Morgan fingerprint density at radius 3 is 1.67 bits per heavy atom. The van der Waals surface area contributed by atoms with Crippen LogP contribution in [0.5, 0.6) is 0 Å². The molecule has 0 atom stereocenters. The van der Waals surface area contributed by atoms with E-state index in [2.05, 4.69) is 4.98 Å². The molecule has 8 heteroatoms. The minimum absolute atomic E-state index is 0.00355. The average Bonchev–Trinajstić information content (AvgIpc) is 2.60. The molecule has 3 rings (SSSR count). The number of nitrogens with zero attached hydrogens (tertiary/aromatic N) is 1. The largest absolute Gasteiger partial charge is 0.417 e. The van der Waals surface area contributed by atoms with Crippen LogP contribution >= 0.6 is 0 Å². The Kier molecular flexibility index (Phi) is 4.59. The first-order chi connectivity index (χ1) is 12.6. The van der Waals surface area contributed by atoms with Gasteiger partial charge in [0.15, 0.2) is 0 Å². The van der Waals surface area contributed by atoms with E-state index in [1.54, 1.807) is 0 Å². The van der Waals surface area contributed by atoms with Crippen molar-refractivity contribution < 1.29 is 26.3 Å². The average molecular weight is 382 g/mol. The third-order valence-corrected chi connectivity index (χ3v) is 3.97. The highest BCUT2D eigenvalue weighted by atomic mass is 19.4. The Balaban J connectivity index is 2.13. The van der Waals surface area contributed by atoms with Gasteiger partial charge in [-0.1, -0.05) is 36.4 Å². The Hall–Kier alpha value is -3.03. The highest BCUT2D eigenvalue weighted by Crippen LogP contribution is 2.41. The van der Waals surface area contributed by atoms with Crippen LogP contribution in [0, 0.1) is 0 Å². The van der Waals surface area contributed by atoms with E-state index in [0.717, 1.165) is 24.4 Å². The van der Waals surface area contributed by atoms with Gasteiger partial charge in [-0.05, 0) is 23.8 Å². The molecule has 1 aromatic heterocycles. The predicted octanol–water partition coefficient (Wildman–Crippen LogP) is 6.04. The molecule has 0 fully saturated rings. The number of nitrogens with two attached hydrogens (primary N) is 1. The minimum Gasteiger partial charge on any atom is -0.398 e. The maximum atomic E-state index is 13.2. The third kappa shape index (κ3) is 3.74. The second-order valence-electron chi connectivity index (χ2n) is 5.74.